The summed E-state index contributed by atoms with van der Waals surface area (Å²) in [4.78, 5) is 23.1. The van der Waals surface area contributed by atoms with E-state index in [2.05, 4.69) is 15.8 Å². The van der Waals surface area contributed by atoms with E-state index in [4.69, 9.17) is 4.74 Å². The summed E-state index contributed by atoms with van der Waals surface area (Å²) in [5.74, 6) is 0.195. The Morgan fingerprint density at radius 2 is 1.85 bits per heavy atom. The van der Waals surface area contributed by atoms with Crippen LogP contribution in [-0.2, 0) is 9.59 Å². The molecule has 0 aliphatic carbocycles. The second-order valence-corrected chi connectivity index (χ2v) is 6.05. The van der Waals surface area contributed by atoms with E-state index >= 15 is 0 Å². The zero-order chi connectivity index (χ0) is 19.1. The number of anilines is 1. The van der Waals surface area contributed by atoms with Crippen molar-refractivity contribution in [2.75, 3.05) is 11.9 Å². The predicted molar refractivity (Wildman–Crippen MR) is 103 cm³/mol. The molecule has 2 amide bonds. The third kappa shape index (κ3) is 5.73. The molecule has 136 valence electrons. The lowest BCUT2D eigenvalue weighted by Gasteiger charge is -2.09. The third-order valence-corrected chi connectivity index (χ3v) is 3.65. The van der Waals surface area contributed by atoms with E-state index in [1.807, 2.05) is 44.2 Å². The van der Waals surface area contributed by atoms with Gasteiger partial charge in [0.25, 0.3) is 5.91 Å². The first-order valence-corrected chi connectivity index (χ1v) is 8.26. The molecule has 0 saturated heterocycles. The Hall–Kier alpha value is -3.15. The monoisotopic (exact) mass is 353 g/mol. The Labute approximate surface area is 153 Å². The second kappa shape index (κ2) is 8.80. The highest BCUT2D eigenvalue weighted by atomic mass is 16.5. The van der Waals surface area contributed by atoms with Gasteiger partial charge in [0.05, 0.1) is 5.71 Å². The van der Waals surface area contributed by atoms with Crippen molar-refractivity contribution in [3.8, 4) is 5.75 Å². The molecule has 0 aliphatic heterocycles. The van der Waals surface area contributed by atoms with Crippen LogP contribution in [0.15, 0.2) is 47.6 Å². The minimum Gasteiger partial charge on any atom is -0.483 e. The van der Waals surface area contributed by atoms with Crippen LogP contribution >= 0.6 is 0 Å². The van der Waals surface area contributed by atoms with E-state index in [-0.39, 0.29) is 18.4 Å². The summed E-state index contributed by atoms with van der Waals surface area (Å²) in [6.07, 6.45) is 0. The Bertz CT molecular complexity index is 844. The van der Waals surface area contributed by atoms with E-state index in [0.29, 0.717) is 17.1 Å². The highest BCUT2D eigenvalue weighted by Crippen LogP contribution is 2.18. The van der Waals surface area contributed by atoms with Gasteiger partial charge >= 0.3 is 0 Å². The Balaban J connectivity index is 1.94. The fraction of sp³-hybridized carbons (Fsp3) is 0.250. The van der Waals surface area contributed by atoms with Crippen molar-refractivity contribution in [2.24, 2.45) is 5.10 Å². The molecule has 2 aromatic carbocycles. The van der Waals surface area contributed by atoms with E-state index in [1.165, 1.54) is 6.92 Å². The van der Waals surface area contributed by atoms with Gasteiger partial charge in [-0.05, 0) is 55.7 Å². The van der Waals surface area contributed by atoms with Gasteiger partial charge < -0.3 is 10.1 Å². The maximum Gasteiger partial charge on any atom is 0.277 e. The van der Waals surface area contributed by atoms with Crippen molar-refractivity contribution in [3.05, 3.63) is 59.2 Å². The van der Waals surface area contributed by atoms with Crippen molar-refractivity contribution in [3.63, 3.8) is 0 Å². The van der Waals surface area contributed by atoms with Crippen molar-refractivity contribution < 1.29 is 14.3 Å². The van der Waals surface area contributed by atoms with Crippen LogP contribution in [0.5, 0.6) is 5.75 Å². The van der Waals surface area contributed by atoms with Crippen LogP contribution in [0.1, 0.15) is 30.5 Å². The predicted octanol–water partition coefficient (Wildman–Crippen LogP) is 3.18. The maximum atomic E-state index is 12.0. The first-order chi connectivity index (χ1) is 12.3. The summed E-state index contributed by atoms with van der Waals surface area (Å²) in [7, 11) is 0. The Morgan fingerprint density at radius 3 is 2.58 bits per heavy atom. The van der Waals surface area contributed by atoms with Gasteiger partial charge in [-0.15, -0.1) is 0 Å². The van der Waals surface area contributed by atoms with Crippen LogP contribution in [0, 0.1) is 13.8 Å². The fourth-order valence-corrected chi connectivity index (χ4v) is 2.27. The summed E-state index contributed by atoms with van der Waals surface area (Å²) < 4.78 is 5.55. The summed E-state index contributed by atoms with van der Waals surface area (Å²) in [5, 5.41) is 6.80. The average Bonchev–Trinajstić information content (AvgIpc) is 2.60. The summed E-state index contributed by atoms with van der Waals surface area (Å²) in [6.45, 7) is 7.00. The molecular weight excluding hydrogens is 330 g/mol. The number of hydrogen-bond acceptors (Lipinski definition) is 4. The topological polar surface area (TPSA) is 79.8 Å². The van der Waals surface area contributed by atoms with E-state index in [0.717, 1.165) is 16.7 Å². The number of nitrogens with one attached hydrogen (secondary N) is 2. The highest BCUT2D eigenvalue weighted by molar-refractivity contribution is 6.00. The number of ether oxygens (including phenoxy) is 1. The molecule has 0 spiro atoms. The number of amides is 2. The number of aryl methyl sites for hydroxylation is 2. The SMILES string of the molecule is CC(=O)Nc1cccc(/C(C)=N/NC(=O)COc2cc(C)ccc2C)c1. The molecule has 0 bridgehead atoms. The smallest absolute Gasteiger partial charge is 0.277 e. The normalized spacial score (nSPS) is 11.0. The van der Waals surface area contributed by atoms with Gasteiger partial charge in [-0.25, -0.2) is 5.43 Å². The van der Waals surface area contributed by atoms with Crippen molar-refractivity contribution >= 4 is 23.2 Å². The van der Waals surface area contributed by atoms with Gasteiger partial charge in [-0.2, -0.15) is 5.10 Å². The van der Waals surface area contributed by atoms with Gasteiger partial charge in [-0.3, -0.25) is 9.59 Å². The number of rotatable bonds is 6. The van der Waals surface area contributed by atoms with Crippen LogP contribution < -0.4 is 15.5 Å². The molecule has 0 aromatic heterocycles. The van der Waals surface area contributed by atoms with Gasteiger partial charge in [0.15, 0.2) is 6.61 Å². The third-order valence-electron chi connectivity index (χ3n) is 3.65. The van der Waals surface area contributed by atoms with Gasteiger partial charge in [0.1, 0.15) is 5.75 Å². The minimum absolute atomic E-state index is 0.118. The molecule has 26 heavy (non-hydrogen) atoms. The quantitative estimate of drug-likeness (QED) is 0.618. The number of carbonyl (C=O) groups is 2. The molecule has 6 heteroatoms. The number of carbonyl (C=O) groups excluding carboxylic acids is 2. The number of hydrazone groups is 1. The van der Waals surface area contributed by atoms with Gasteiger partial charge in [-0.1, -0.05) is 24.3 Å². The van der Waals surface area contributed by atoms with Crippen molar-refractivity contribution in [1.29, 1.82) is 0 Å². The summed E-state index contributed by atoms with van der Waals surface area (Å²) in [5.41, 5.74) is 6.62. The van der Waals surface area contributed by atoms with Crippen LogP contribution in [0.2, 0.25) is 0 Å². The van der Waals surface area contributed by atoms with Crippen LogP contribution in [0.3, 0.4) is 0 Å². The lowest BCUT2D eigenvalue weighted by Crippen LogP contribution is -2.25. The van der Waals surface area contributed by atoms with E-state index in [1.54, 1.807) is 19.1 Å². The van der Waals surface area contributed by atoms with Crippen molar-refractivity contribution in [2.45, 2.75) is 27.7 Å². The Kier molecular flexibility index (Phi) is 6.49. The fourth-order valence-electron chi connectivity index (χ4n) is 2.27. The molecule has 0 atom stereocenters. The number of nitrogens with zero attached hydrogens (tertiary/aromatic N) is 1. The Morgan fingerprint density at radius 1 is 1.08 bits per heavy atom. The summed E-state index contributed by atoms with van der Waals surface area (Å²) >= 11 is 0. The molecule has 0 unspecified atom stereocenters. The molecule has 0 aliphatic rings. The van der Waals surface area contributed by atoms with Crippen LogP contribution in [0.25, 0.3) is 0 Å². The average molecular weight is 353 g/mol. The number of hydrogen-bond donors (Lipinski definition) is 2. The maximum absolute atomic E-state index is 12.0. The van der Waals surface area contributed by atoms with E-state index in [9.17, 15) is 9.59 Å². The summed E-state index contributed by atoms with van der Waals surface area (Å²) in [6, 6.07) is 13.1. The molecule has 2 rings (SSSR count). The zero-order valence-corrected chi connectivity index (χ0v) is 15.4. The standard InChI is InChI=1S/C20H23N3O3/c1-13-8-9-14(2)19(10-13)26-12-20(25)23-22-15(3)17-6-5-7-18(11-17)21-16(4)24/h5-11H,12H2,1-4H3,(H,21,24)(H,23,25)/b22-15+. The second-order valence-electron chi connectivity index (χ2n) is 6.05. The first-order valence-electron chi connectivity index (χ1n) is 8.26. The number of benzene rings is 2. The highest BCUT2D eigenvalue weighted by Gasteiger charge is 2.06. The lowest BCUT2D eigenvalue weighted by atomic mass is 10.1. The lowest BCUT2D eigenvalue weighted by molar-refractivity contribution is -0.123. The van der Waals surface area contributed by atoms with Crippen LogP contribution in [-0.4, -0.2) is 24.1 Å². The molecule has 2 N–H and O–H groups in total. The van der Waals surface area contributed by atoms with Gasteiger partial charge in [0.2, 0.25) is 5.91 Å². The molecule has 0 fully saturated rings. The first kappa shape index (κ1) is 19.2. The van der Waals surface area contributed by atoms with Crippen molar-refractivity contribution in [1.82, 2.24) is 5.43 Å². The molecule has 0 radical (unpaired) electrons. The molecular formula is C20H23N3O3. The van der Waals surface area contributed by atoms with E-state index < -0.39 is 0 Å². The molecule has 6 nitrogen and oxygen atoms in total. The zero-order valence-electron chi connectivity index (χ0n) is 15.4. The molecule has 2 aromatic rings. The van der Waals surface area contributed by atoms with Crippen LogP contribution in [0.4, 0.5) is 5.69 Å². The van der Waals surface area contributed by atoms with Gasteiger partial charge in [0, 0.05) is 12.6 Å². The molecule has 0 heterocycles. The molecule has 0 saturated carbocycles. The largest absolute Gasteiger partial charge is 0.483 e. The minimum atomic E-state index is -0.344.